The highest BCUT2D eigenvalue weighted by molar-refractivity contribution is 8.01. The van der Waals surface area contributed by atoms with Crippen molar-refractivity contribution < 1.29 is 9.18 Å². The molecule has 1 saturated carbocycles. The van der Waals surface area contributed by atoms with Gasteiger partial charge < -0.3 is 10.6 Å². The minimum atomic E-state index is -0.252. The van der Waals surface area contributed by atoms with E-state index in [1.54, 1.807) is 12.1 Å². The average molecular weight is 443 g/mol. The van der Waals surface area contributed by atoms with Crippen LogP contribution in [0.3, 0.4) is 0 Å². The second kappa shape index (κ2) is 9.57. The van der Waals surface area contributed by atoms with Gasteiger partial charge in [-0.15, -0.1) is 10.2 Å². The van der Waals surface area contributed by atoms with E-state index in [0.29, 0.717) is 23.3 Å². The molecule has 8 heteroatoms. The first-order chi connectivity index (χ1) is 14.6. The third-order valence-electron chi connectivity index (χ3n) is 4.94. The smallest absolute Gasteiger partial charge is 0.230 e. The van der Waals surface area contributed by atoms with Gasteiger partial charge in [-0.25, -0.2) is 4.39 Å². The summed E-state index contributed by atoms with van der Waals surface area (Å²) in [6.07, 6.45) is 2.32. The Balaban J connectivity index is 1.26. The van der Waals surface area contributed by atoms with Gasteiger partial charge in [0.15, 0.2) is 4.34 Å². The second-order valence-electron chi connectivity index (χ2n) is 7.44. The Morgan fingerprint density at radius 1 is 1.17 bits per heavy atom. The van der Waals surface area contributed by atoms with Crippen molar-refractivity contribution in [1.82, 2.24) is 15.5 Å². The lowest BCUT2D eigenvalue weighted by Crippen LogP contribution is -2.31. The van der Waals surface area contributed by atoms with Gasteiger partial charge in [0.1, 0.15) is 5.82 Å². The molecule has 0 bridgehead atoms. The van der Waals surface area contributed by atoms with Crippen LogP contribution in [-0.2, 0) is 11.3 Å². The van der Waals surface area contributed by atoms with E-state index in [1.165, 1.54) is 46.4 Å². The molecule has 2 aromatic carbocycles. The van der Waals surface area contributed by atoms with Gasteiger partial charge in [0.2, 0.25) is 11.0 Å². The quantitative estimate of drug-likeness (QED) is 0.459. The minimum Gasteiger partial charge on any atom is -0.356 e. The van der Waals surface area contributed by atoms with E-state index in [4.69, 9.17) is 0 Å². The summed E-state index contributed by atoms with van der Waals surface area (Å²) < 4.78 is 13.7. The molecule has 0 saturated heterocycles. The lowest BCUT2D eigenvalue weighted by atomic mass is 10.0. The van der Waals surface area contributed by atoms with Crippen molar-refractivity contribution >= 4 is 34.1 Å². The summed E-state index contributed by atoms with van der Waals surface area (Å²) >= 11 is 2.80. The molecular formula is C22H23FN4OS2. The van der Waals surface area contributed by atoms with Crippen LogP contribution in [0.4, 0.5) is 9.52 Å². The minimum absolute atomic E-state index is 0.00787. The molecule has 1 aromatic heterocycles. The van der Waals surface area contributed by atoms with E-state index in [2.05, 4.69) is 52.0 Å². The summed E-state index contributed by atoms with van der Waals surface area (Å²) in [6, 6.07) is 14.8. The first kappa shape index (κ1) is 20.8. The van der Waals surface area contributed by atoms with Crippen LogP contribution in [0.2, 0.25) is 0 Å². The SMILES string of the molecule is Cc1ccc(C(NC(=O)CSc2nnc(NCc3ccc(F)cc3)s2)C2CC2)cc1. The molecule has 2 N–H and O–H groups in total. The summed E-state index contributed by atoms with van der Waals surface area (Å²) in [5, 5.41) is 15.3. The van der Waals surface area contributed by atoms with E-state index in [0.717, 1.165) is 22.7 Å². The van der Waals surface area contributed by atoms with E-state index in [-0.39, 0.29) is 17.8 Å². The highest BCUT2D eigenvalue weighted by Gasteiger charge is 2.33. The van der Waals surface area contributed by atoms with Gasteiger partial charge in [-0.1, -0.05) is 65.1 Å². The van der Waals surface area contributed by atoms with Crippen LogP contribution in [0.15, 0.2) is 52.9 Å². The van der Waals surface area contributed by atoms with E-state index in [9.17, 15) is 9.18 Å². The topological polar surface area (TPSA) is 66.9 Å². The molecule has 1 atom stereocenters. The van der Waals surface area contributed by atoms with Gasteiger partial charge in [0.05, 0.1) is 11.8 Å². The molecule has 156 valence electrons. The van der Waals surface area contributed by atoms with Crippen LogP contribution in [0.5, 0.6) is 0 Å². The number of benzene rings is 2. The Kier molecular flexibility index (Phi) is 6.64. The molecule has 1 amide bonds. The number of aryl methyl sites for hydroxylation is 1. The summed E-state index contributed by atoms with van der Waals surface area (Å²) in [6.45, 7) is 2.61. The Hall–Kier alpha value is -2.45. The molecule has 3 aromatic rings. The molecule has 1 fully saturated rings. The molecule has 1 aliphatic rings. The van der Waals surface area contributed by atoms with Crippen LogP contribution in [-0.4, -0.2) is 21.9 Å². The molecule has 4 rings (SSSR count). The number of thioether (sulfide) groups is 1. The molecule has 0 spiro atoms. The van der Waals surface area contributed by atoms with E-state index in [1.807, 2.05) is 0 Å². The van der Waals surface area contributed by atoms with Gasteiger partial charge in [-0.2, -0.15) is 0 Å². The third-order valence-corrected chi connectivity index (χ3v) is 6.95. The second-order valence-corrected chi connectivity index (χ2v) is 9.64. The normalized spacial score (nSPS) is 14.3. The fourth-order valence-electron chi connectivity index (χ4n) is 3.14. The number of hydrogen-bond donors (Lipinski definition) is 2. The maximum Gasteiger partial charge on any atom is 0.230 e. The van der Waals surface area contributed by atoms with Crippen molar-refractivity contribution in [2.24, 2.45) is 5.92 Å². The number of hydrogen-bond acceptors (Lipinski definition) is 6. The molecule has 5 nitrogen and oxygen atoms in total. The Morgan fingerprint density at radius 3 is 2.60 bits per heavy atom. The summed E-state index contributed by atoms with van der Waals surface area (Å²) in [4.78, 5) is 12.5. The maximum atomic E-state index is 13.0. The lowest BCUT2D eigenvalue weighted by molar-refractivity contribution is -0.119. The van der Waals surface area contributed by atoms with Crippen LogP contribution < -0.4 is 10.6 Å². The molecule has 0 aliphatic heterocycles. The number of halogens is 1. The average Bonchev–Trinajstić information content (AvgIpc) is 3.49. The molecular weight excluding hydrogens is 419 g/mol. The van der Waals surface area contributed by atoms with Gasteiger partial charge in [0.25, 0.3) is 0 Å². The number of anilines is 1. The van der Waals surface area contributed by atoms with Crippen LogP contribution >= 0.6 is 23.1 Å². The Labute approximate surface area is 183 Å². The largest absolute Gasteiger partial charge is 0.356 e. The van der Waals surface area contributed by atoms with Crippen LogP contribution in [0.1, 0.15) is 35.6 Å². The predicted molar refractivity (Wildman–Crippen MR) is 119 cm³/mol. The summed E-state index contributed by atoms with van der Waals surface area (Å²) in [7, 11) is 0. The Bertz CT molecular complexity index is 987. The first-order valence-electron chi connectivity index (χ1n) is 9.87. The van der Waals surface area contributed by atoms with Gasteiger partial charge >= 0.3 is 0 Å². The van der Waals surface area contributed by atoms with E-state index >= 15 is 0 Å². The van der Waals surface area contributed by atoms with Gasteiger partial charge in [-0.05, 0) is 48.9 Å². The molecule has 1 aliphatic carbocycles. The van der Waals surface area contributed by atoms with Crippen LogP contribution in [0, 0.1) is 18.7 Å². The van der Waals surface area contributed by atoms with Crippen molar-refractivity contribution in [2.75, 3.05) is 11.1 Å². The van der Waals surface area contributed by atoms with Crippen LogP contribution in [0.25, 0.3) is 0 Å². The number of rotatable bonds is 9. The van der Waals surface area contributed by atoms with Crippen molar-refractivity contribution in [3.05, 3.63) is 71.0 Å². The zero-order chi connectivity index (χ0) is 20.9. The highest BCUT2D eigenvalue weighted by atomic mass is 32.2. The lowest BCUT2D eigenvalue weighted by Gasteiger charge is -2.18. The van der Waals surface area contributed by atoms with Crippen molar-refractivity contribution in [2.45, 2.75) is 36.7 Å². The molecule has 0 radical (unpaired) electrons. The Morgan fingerprint density at radius 2 is 1.90 bits per heavy atom. The zero-order valence-corrected chi connectivity index (χ0v) is 18.2. The van der Waals surface area contributed by atoms with Gasteiger partial charge in [0, 0.05) is 6.54 Å². The van der Waals surface area contributed by atoms with Crippen molar-refractivity contribution in [3.63, 3.8) is 0 Å². The number of amides is 1. The first-order valence-corrected chi connectivity index (χ1v) is 11.7. The number of nitrogens with one attached hydrogen (secondary N) is 2. The number of carbonyl (C=O) groups excluding carboxylic acids is 1. The summed E-state index contributed by atoms with van der Waals surface area (Å²) in [5.74, 6) is 0.596. The molecule has 30 heavy (non-hydrogen) atoms. The highest BCUT2D eigenvalue weighted by Crippen LogP contribution is 2.41. The predicted octanol–water partition coefficient (Wildman–Crippen LogP) is 4.96. The number of carbonyl (C=O) groups is 1. The maximum absolute atomic E-state index is 13.0. The molecule has 1 unspecified atom stereocenters. The van der Waals surface area contributed by atoms with E-state index < -0.39 is 0 Å². The monoisotopic (exact) mass is 442 g/mol. The van der Waals surface area contributed by atoms with Crippen molar-refractivity contribution in [1.29, 1.82) is 0 Å². The van der Waals surface area contributed by atoms with Crippen molar-refractivity contribution in [3.8, 4) is 0 Å². The third kappa shape index (κ3) is 5.79. The standard InChI is InChI=1S/C22H23FN4OS2/c1-14-2-6-16(7-3-14)20(17-8-9-17)25-19(28)13-29-22-27-26-21(30-22)24-12-15-4-10-18(23)11-5-15/h2-7,10-11,17,20H,8-9,12-13H2,1H3,(H,24,26)(H,25,28). The van der Waals surface area contributed by atoms with Gasteiger partial charge in [-0.3, -0.25) is 4.79 Å². The summed E-state index contributed by atoms with van der Waals surface area (Å²) in [5.41, 5.74) is 3.35. The number of nitrogens with zero attached hydrogens (tertiary/aromatic N) is 2. The molecule has 1 heterocycles. The fraction of sp³-hybridized carbons (Fsp3) is 0.318. The zero-order valence-electron chi connectivity index (χ0n) is 16.6. The number of aromatic nitrogens is 2. The fourth-order valence-corrected chi connectivity index (χ4v) is 4.70.